The van der Waals surface area contributed by atoms with E-state index in [0.29, 0.717) is 17.7 Å². The predicted molar refractivity (Wildman–Crippen MR) is 75.2 cm³/mol. The van der Waals surface area contributed by atoms with E-state index in [4.69, 9.17) is 4.42 Å². The van der Waals surface area contributed by atoms with Crippen LogP contribution in [0.4, 0.5) is 0 Å². The molecule has 0 spiro atoms. The minimum absolute atomic E-state index is 0.0719. The summed E-state index contributed by atoms with van der Waals surface area (Å²) in [6.45, 7) is 4.12. The highest BCUT2D eigenvalue weighted by Gasteiger charge is 2.38. The van der Waals surface area contributed by atoms with Gasteiger partial charge in [0.25, 0.3) is 5.91 Å². The molecule has 3 heteroatoms. The van der Waals surface area contributed by atoms with Gasteiger partial charge in [-0.05, 0) is 31.7 Å². The Labute approximate surface area is 113 Å². The second kappa shape index (κ2) is 4.72. The SMILES string of the molecule is CCC[C@@H]1C[C@@H]1NC(=O)c1oc2ccccc2c1C. The first-order valence-electron chi connectivity index (χ1n) is 6.99. The Hall–Kier alpha value is -1.77. The molecule has 1 aliphatic carbocycles. The molecule has 1 fully saturated rings. The molecule has 1 heterocycles. The van der Waals surface area contributed by atoms with Crippen LogP contribution in [-0.4, -0.2) is 11.9 Å². The normalized spacial score (nSPS) is 21.6. The summed E-state index contributed by atoms with van der Waals surface area (Å²) in [5.74, 6) is 1.05. The number of carbonyl (C=O) groups is 1. The third-order valence-corrected chi connectivity index (χ3v) is 3.95. The molecule has 1 aliphatic rings. The predicted octanol–water partition coefficient (Wildman–Crippen LogP) is 3.66. The average molecular weight is 257 g/mol. The van der Waals surface area contributed by atoms with E-state index in [9.17, 15) is 4.79 Å². The number of para-hydroxylation sites is 1. The molecular weight excluding hydrogens is 238 g/mol. The lowest BCUT2D eigenvalue weighted by atomic mass is 10.1. The van der Waals surface area contributed by atoms with E-state index in [1.807, 2.05) is 31.2 Å². The maximum atomic E-state index is 12.2. The Bertz CT molecular complexity index is 614. The van der Waals surface area contributed by atoms with Crippen LogP contribution >= 0.6 is 0 Å². The molecule has 2 aromatic rings. The van der Waals surface area contributed by atoms with Crippen molar-refractivity contribution < 1.29 is 9.21 Å². The largest absolute Gasteiger partial charge is 0.451 e. The highest BCUT2D eigenvalue weighted by Crippen LogP contribution is 2.35. The van der Waals surface area contributed by atoms with Crippen molar-refractivity contribution in [3.63, 3.8) is 0 Å². The zero-order valence-electron chi connectivity index (χ0n) is 11.4. The van der Waals surface area contributed by atoms with Crippen molar-refractivity contribution in [1.29, 1.82) is 0 Å². The second-order valence-electron chi connectivity index (χ2n) is 5.42. The van der Waals surface area contributed by atoms with E-state index < -0.39 is 0 Å². The number of furan rings is 1. The Morgan fingerprint density at radius 1 is 1.42 bits per heavy atom. The van der Waals surface area contributed by atoms with Crippen LogP contribution in [0, 0.1) is 12.8 Å². The minimum atomic E-state index is -0.0719. The van der Waals surface area contributed by atoms with Crippen LogP contribution in [0.1, 0.15) is 42.3 Å². The standard InChI is InChI=1S/C16H19NO2/c1-3-6-11-9-13(11)17-16(18)15-10(2)12-7-4-5-8-14(12)19-15/h4-5,7-8,11,13H,3,6,9H2,1-2H3,(H,17,18)/t11-,13+/m1/s1. The highest BCUT2D eigenvalue weighted by molar-refractivity contribution is 5.99. The van der Waals surface area contributed by atoms with Crippen molar-refractivity contribution in [2.45, 2.75) is 39.2 Å². The van der Waals surface area contributed by atoms with Gasteiger partial charge in [-0.15, -0.1) is 0 Å². The van der Waals surface area contributed by atoms with Gasteiger partial charge in [0.2, 0.25) is 0 Å². The second-order valence-corrected chi connectivity index (χ2v) is 5.42. The van der Waals surface area contributed by atoms with Gasteiger partial charge in [0.15, 0.2) is 5.76 Å². The summed E-state index contributed by atoms with van der Waals surface area (Å²) in [6.07, 6.45) is 3.49. The summed E-state index contributed by atoms with van der Waals surface area (Å²) in [5.41, 5.74) is 1.71. The van der Waals surface area contributed by atoms with Crippen LogP contribution in [0.2, 0.25) is 0 Å². The van der Waals surface area contributed by atoms with E-state index in [1.165, 1.54) is 12.8 Å². The van der Waals surface area contributed by atoms with E-state index in [1.54, 1.807) is 0 Å². The van der Waals surface area contributed by atoms with E-state index in [0.717, 1.165) is 23.0 Å². The summed E-state index contributed by atoms with van der Waals surface area (Å²) >= 11 is 0. The van der Waals surface area contributed by atoms with Crippen LogP contribution in [0.5, 0.6) is 0 Å². The summed E-state index contributed by atoms with van der Waals surface area (Å²) in [6, 6.07) is 8.12. The van der Waals surface area contributed by atoms with Crippen LogP contribution in [-0.2, 0) is 0 Å². The van der Waals surface area contributed by atoms with Gasteiger partial charge in [-0.25, -0.2) is 0 Å². The Balaban J connectivity index is 1.77. The molecular formula is C16H19NO2. The van der Waals surface area contributed by atoms with Crippen molar-refractivity contribution in [2.24, 2.45) is 5.92 Å². The first-order valence-corrected chi connectivity index (χ1v) is 6.99. The zero-order chi connectivity index (χ0) is 13.4. The molecule has 0 bridgehead atoms. The van der Waals surface area contributed by atoms with Gasteiger partial charge in [0.1, 0.15) is 5.58 Å². The Morgan fingerprint density at radius 3 is 2.95 bits per heavy atom. The fourth-order valence-electron chi connectivity index (χ4n) is 2.74. The molecule has 0 aliphatic heterocycles. The van der Waals surface area contributed by atoms with Gasteiger partial charge < -0.3 is 9.73 Å². The number of benzene rings is 1. The molecule has 0 saturated heterocycles. The monoisotopic (exact) mass is 257 g/mol. The topological polar surface area (TPSA) is 42.2 Å². The van der Waals surface area contributed by atoms with E-state index in [2.05, 4.69) is 12.2 Å². The first kappa shape index (κ1) is 12.3. The quantitative estimate of drug-likeness (QED) is 0.908. The minimum Gasteiger partial charge on any atom is -0.451 e. The van der Waals surface area contributed by atoms with Gasteiger partial charge in [0.05, 0.1) is 0 Å². The number of rotatable bonds is 4. The van der Waals surface area contributed by atoms with Gasteiger partial charge in [0, 0.05) is 17.0 Å². The molecule has 0 radical (unpaired) electrons. The fourth-order valence-corrected chi connectivity index (χ4v) is 2.74. The number of fused-ring (bicyclic) bond motifs is 1. The summed E-state index contributed by atoms with van der Waals surface area (Å²) in [4.78, 5) is 12.2. The van der Waals surface area contributed by atoms with Crippen molar-refractivity contribution in [2.75, 3.05) is 0 Å². The number of carbonyl (C=O) groups excluding carboxylic acids is 1. The number of hydrogen-bond acceptors (Lipinski definition) is 2. The third-order valence-electron chi connectivity index (χ3n) is 3.95. The first-order chi connectivity index (χ1) is 9.20. The van der Waals surface area contributed by atoms with Gasteiger partial charge in [-0.1, -0.05) is 31.5 Å². The van der Waals surface area contributed by atoms with Crippen molar-refractivity contribution in [3.05, 3.63) is 35.6 Å². The molecule has 1 saturated carbocycles. The smallest absolute Gasteiger partial charge is 0.287 e. The molecule has 1 amide bonds. The zero-order valence-corrected chi connectivity index (χ0v) is 11.4. The number of amides is 1. The molecule has 1 aromatic heterocycles. The molecule has 3 rings (SSSR count). The average Bonchev–Trinajstić information content (AvgIpc) is 3.04. The lowest BCUT2D eigenvalue weighted by Gasteiger charge is -2.02. The Kier molecular flexibility index (Phi) is 3.05. The maximum absolute atomic E-state index is 12.2. The van der Waals surface area contributed by atoms with Gasteiger partial charge in [-0.3, -0.25) is 4.79 Å². The number of nitrogens with one attached hydrogen (secondary N) is 1. The van der Waals surface area contributed by atoms with Gasteiger partial charge >= 0.3 is 0 Å². The highest BCUT2D eigenvalue weighted by atomic mass is 16.3. The Morgan fingerprint density at radius 2 is 2.21 bits per heavy atom. The molecule has 100 valence electrons. The lowest BCUT2D eigenvalue weighted by molar-refractivity contribution is 0.0922. The van der Waals surface area contributed by atoms with Crippen LogP contribution < -0.4 is 5.32 Å². The summed E-state index contributed by atoms with van der Waals surface area (Å²) < 4.78 is 5.67. The van der Waals surface area contributed by atoms with Crippen molar-refractivity contribution in [1.82, 2.24) is 5.32 Å². The fraction of sp³-hybridized carbons (Fsp3) is 0.438. The lowest BCUT2D eigenvalue weighted by Crippen LogP contribution is -2.27. The van der Waals surface area contributed by atoms with Gasteiger partial charge in [-0.2, -0.15) is 0 Å². The summed E-state index contributed by atoms with van der Waals surface area (Å²) in [7, 11) is 0. The molecule has 2 atom stereocenters. The third kappa shape index (κ3) is 2.25. The molecule has 1 aromatic carbocycles. The maximum Gasteiger partial charge on any atom is 0.287 e. The van der Waals surface area contributed by atoms with E-state index in [-0.39, 0.29) is 5.91 Å². The summed E-state index contributed by atoms with van der Waals surface area (Å²) in [5, 5.41) is 4.10. The molecule has 3 nitrogen and oxygen atoms in total. The van der Waals surface area contributed by atoms with Crippen molar-refractivity contribution >= 4 is 16.9 Å². The number of hydrogen-bond donors (Lipinski definition) is 1. The molecule has 0 unspecified atom stereocenters. The molecule has 1 N–H and O–H groups in total. The van der Waals surface area contributed by atoms with E-state index >= 15 is 0 Å². The van der Waals surface area contributed by atoms with Crippen LogP contribution in [0.15, 0.2) is 28.7 Å². The number of aryl methyl sites for hydroxylation is 1. The molecule has 19 heavy (non-hydrogen) atoms. The van der Waals surface area contributed by atoms with Crippen LogP contribution in [0.3, 0.4) is 0 Å². The van der Waals surface area contributed by atoms with Crippen LogP contribution in [0.25, 0.3) is 11.0 Å². The van der Waals surface area contributed by atoms with Crippen molar-refractivity contribution in [3.8, 4) is 0 Å².